The van der Waals surface area contributed by atoms with Crippen LogP contribution in [0.15, 0.2) is 12.1 Å². The van der Waals surface area contributed by atoms with E-state index < -0.39 is 0 Å². The second-order valence-electron chi connectivity index (χ2n) is 4.50. The highest BCUT2D eigenvalue weighted by Gasteiger charge is 2.14. The van der Waals surface area contributed by atoms with E-state index in [4.69, 9.17) is 10.5 Å². The molecule has 2 aromatic rings. The fourth-order valence-electron chi connectivity index (χ4n) is 2.56. The van der Waals surface area contributed by atoms with Crippen LogP contribution in [-0.4, -0.2) is 18.2 Å². The van der Waals surface area contributed by atoms with Gasteiger partial charge < -0.3 is 15.0 Å². The lowest BCUT2D eigenvalue weighted by molar-refractivity contribution is 0.415. The Morgan fingerprint density at radius 3 is 2.59 bits per heavy atom. The van der Waals surface area contributed by atoms with Gasteiger partial charge in [-0.25, -0.2) is 0 Å². The molecule has 0 saturated carbocycles. The highest BCUT2D eigenvalue weighted by molar-refractivity contribution is 5.89. The maximum absolute atomic E-state index is 5.70. The first-order valence-corrected chi connectivity index (χ1v) is 5.92. The molecule has 3 nitrogen and oxygen atoms in total. The topological polar surface area (TPSA) is 40.2 Å². The average molecular weight is 232 g/mol. The molecule has 0 spiro atoms. The number of aromatic nitrogens is 1. The minimum atomic E-state index is 0.677. The fraction of sp³-hybridized carbons (Fsp3) is 0.429. The van der Waals surface area contributed by atoms with Gasteiger partial charge in [-0.05, 0) is 50.1 Å². The summed E-state index contributed by atoms with van der Waals surface area (Å²) in [5, 5.41) is 1.27. The minimum Gasteiger partial charge on any atom is -0.497 e. The molecule has 2 N–H and O–H groups in total. The van der Waals surface area contributed by atoms with Crippen molar-refractivity contribution in [2.45, 2.75) is 20.3 Å². The molecule has 0 amide bonds. The van der Waals surface area contributed by atoms with Crippen LogP contribution in [-0.2, 0) is 13.5 Å². The summed E-state index contributed by atoms with van der Waals surface area (Å²) in [6.45, 7) is 4.95. The zero-order chi connectivity index (χ0) is 12.6. The molecule has 0 aliphatic carbocycles. The van der Waals surface area contributed by atoms with Crippen molar-refractivity contribution >= 4 is 10.9 Å². The molecule has 0 radical (unpaired) electrons. The molecule has 1 aromatic heterocycles. The number of methoxy groups -OCH3 is 1. The Morgan fingerprint density at radius 1 is 1.29 bits per heavy atom. The van der Waals surface area contributed by atoms with Gasteiger partial charge >= 0.3 is 0 Å². The summed E-state index contributed by atoms with van der Waals surface area (Å²) in [7, 11) is 3.82. The van der Waals surface area contributed by atoms with Crippen molar-refractivity contribution in [3.8, 4) is 5.75 Å². The van der Waals surface area contributed by atoms with Crippen LogP contribution in [0.2, 0.25) is 0 Å². The van der Waals surface area contributed by atoms with E-state index in [1.807, 2.05) is 0 Å². The first-order valence-electron chi connectivity index (χ1n) is 5.92. The third kappa shape index (κ3) is 1.80. The smallest absolute Gasteiger partial charge is 0.119 e. The number of hydrogen-bond donors (Lipinski definition) is 1. The van der Waals surface area contributed by atoms with E-state index in [0.29, 0.717) is 6.54 Å². The Balaban J connectivity index is 2.80. The Kier molecular flexibility index (Phi) is 3.11. The van der Waals surface area contributed by atoms with E-state index in [0.717, 1.165) is 12.2 Å². The van der Waals surface area contributed by atoms with E-state index in [1.54, 1.807) is 7.11 Å². The van der Waals surface area contributed by atoms with Crippen molar-refractivity contribution < 1.29 is 4.74 Å². The van der Waals surface area contributed by atoms with Crippen LogP contribution in [0.4, 0.5) is 0 Å². The Morgan fingerprint density at radius 2 is 2.00 bits per heavy atom. The molecule has 0 aliphatic heterocycles. The van der Waals surface area contributed by atoms with Gasteiger partial charge in [0.1, 0.15) is 5.75 Å². The van der Waals surface area contributed by atoms with Gasteiger partial charge in [-0.3, -0.25) is 0 Å². The molecule has 92 valence electrons. The van der Waals surface area contributed by atoms with Gasteiger partial charge in [0, 0.05) is 18.1 Å². The van der Waals surface area contributed by atoms with Crippen molar-refractivity contribution in [3.05, 3.63) is 29.0 Å². The van der Waals surface area contributed by atoms with Crippen LogP contribution in [0.3, 0.4) is 0 Å². The quantitative estimate of drug-likeness (QED) is 0.882. The number of fused-ring (bicyclic) bond motifs is 1. The normalized spacial score (nSPS) is 11.1. The van der Waals surface area contributed by atoms with E-state index in [9.17, 15) is 0 Å². The third-order valence-electron chi connectivity index (χ3n) is 3.50. The Hall–Kier alpha value is -1.48. The summed E-state index contributed by atoms with van der Waals surface area (Å²) < 4.78 is 7.59. The lowest BCUT2D eigenvalue weighted by Crippen LogP contribution is -2.04. The number of nitrogens with two attached hydrogens (primary N) is 1. The highest BCUT2D eigenvalue weighted by Crippen LogP contribution is 2.31. The molecule has 1 aromatic carbocycles. The first kappa shape index (κ1) is 12.0. The summed E-state index contributed by atoms with van der Waals surface area (Å²) in [5.41, 5.74) is 10.9. The molecule has 1 heterocycles. The number of hydrogen-bond acceptors (Lipinski definition) is 2. The van der Waals surface area contributed by atoms with Crippen LogP contribution < -0.4 is 10.5 Å². The predicted molar refractivity (Wildman–Crippen MR) is 71.7 cm³/mol. The van der Waals surface area contributed by atoms with Crippen molar-refractivity contribution in [2.75, 3.05) is 13.7 Å². The summed E-state index contributed by atoms with van der Waals surface area (Å²) in [6.07, 6.45) is 0.912. The van der Waals surface area contributed by atoms with E-state index >= 15 is 0 Å². The summed E-state index contributed by atoms with van der Waals surface area (Å²) in [6, 6.07) is 4.19. The maximum Gasteiger partial charge on any atom is 0.119 e. The zero-order valence-electron chi connectivity index (χ0n) is 11.0. The SMILES string of the molecule is COc1cc(C)c2c(c1)c(CCN)c(C)n2C. The van der Waals surface area contributed by atoms with Crippen molar-refractivity contribution in [3.63, 3.8) is 0 Å². The van der Waals surface area contributed by atoms with E-state index in [2.05, 4.69) is 37.6 Å². The summed E-state index contributed by atoms with van der Waals surface area (Å²) in [5.74, 6) is 0.916. The lowest BCUT2D eigenvalue weighted by atomic mass is 10.1. The van der Waals surface area contributed by atoms with Crippen LogP contribution in [0.1, 0.15) is 16.8 Å². The second kappa shape index (κ2) is 4.41. The Labute approximate surface area is 102 Å². The van der Waals surface area contributed by atoms with Crippen molar-refractivity contribution in [1.82, 2.24) is 4.57 Å². The van der Waals surface area contributed by atoms with Crippen LogP contribution in [0, 0.1) is 13.8 Å². The maximum atomic E-state index is 5.70. The molecule has 0 unspecified atom stereocenters. The molecule has 0 fully saturated rings. The molecule has 0 saturated heterocycles. The zero-order valence-corrected chi connectivity index (χ0v) is 11.0. The molecule has 2 rings (SSSR count). The summed E-state index contributed by atoms with van der Waals surface area (Å²) >= 11 is 0. The van der Waals surface area contributed by atoms with Gasteiger partial charge in [0.15, 0.2) is 0 Å². The number of aryl methyl sites for hydroxylation is 2. The van der Waals surface area contributed by atoms with E-state index in [1.165, 1.54) is 27.7 Å². The molecule has 0 aliphatic rings. The monoisotopic (exact) mass is 232 g/mol. The first-order chi connectivity index (χ1) is 8.10. The van der Waals surface area contributed by atoms with Gasteiger partial charge in [0.25, 0.3) is 0 Å². The molecule has 0 bridgehead atoms. The lowest BCUT2D eigenvalue weighted by Gasteiger charge is -2.05. The number of rotatable bonds is 3. The van der Waals surface area contributed by atoms with E-state index in [-0.39, 0.29) is 0 Å². The average Bonchev–Trinajstić information content (AvgIpc) is 2.55. The third-order valence-corrected chi connectivity index (χ3v) is 3.50. The van der Waals surface area contributed by atoms with Crippen LogP contribution >= 0.6 is 0 Å². The molecule has 3 heteroatoms. The highest BCUT2D eigenvalue weighted by atomic mass is 16.5. The van der Waals surface area contributed by atoms with Gasteiger partial charge in [0.05, 0.1) is 12.6 Å². The molecule has 17 heavy (non-hydrogen) atoms. The van der Waals surface area contributed by atoms with Crippen LogP contribution in [0.25, 0.3) is 10.9 Å². The second-order valence-corrected chi connectivity index (χ2v) is 4.50. The Bertz CT molecular complexity index is 555. The molecule has 0 atom stereocenters. The number of nitrogens with zero attached hydrogens (tertiary/aromatic N) is 1. The van der Waals surface area contributed by atoms with Crippen molar-refractivity contribution in [1.29, 1.82) is 0 Å². The largest absolute Gasteiger partial charge is 0.497 e. The van der Waals surface area contributed by atoms with Crippen molar-refractivity contribution in [2.24, 2.45) is 12.8 Å². The van der Waals surface area contributed by atoms with Gasteiger partial charge in [-0.15, -0.1) is 0 Å². The molecular formula is C14H20N2O. The number of ether oxygens (including phenoxy) is 1. The van der Waals surface area contributed by atoms with Gasteiger partial charge in [0.2, 0.25) is 0 Å². The summed E-state index contributed by atoms with van der Waals surface area (Å²) in [4.78, 5) is 0. The predicted octanol–water partition coefficient (Wildman–Crippen LogP) is 2.30. The fourth-order valence-corrected chi connectivity index (χ4v) is 2.56. The van der Waals surface area contributed by atoms with Gasteiger partial charge in [-0.1, -0.05) is 0 Å². The minimum absolute atomic E-state index is 0.677. The number of benzene rings is 1. The standard InChI is InChI=1S/C14H20N2O/c1-9-7-11(17-4)8-13-12(5-6-15)10(2)16(3)14(9)13/h7-8H,5-6,15H2,1-4H3. The van der Waals surface area contributed by atoms with Gasteiger partial charge in [-0.2, -0.15) is 0 Å². The van der Waals surface area contributed by atoms with Crippen LogP contribution in [0.5, 0.6) is 5.75 Å². The molecular weight excluding hydrogens is 212 g/mol.